The average molecular weight is 347 g/mol. The molecule has 0 saturated carbocycles. The van der Waals surface area contributed by atoms with Crippen LogP contribution in [0.1, 0.15) is 26.7 Å². The van der Waals surface area contributed by atoms with Crippen LogP contribution >= 0.6 is 0 Å². The molecule has 1 heterocycles. The molecular formula is C19H26FN3O2. The van der Waals surface area contributed by atoms with Gasteiger partial charge in [0, 0.05) is 30.4 Å². The zero-order valence-electron chi connectivity index (χ0n) is 15.1. The minimum Gasteiger partial charge on any atom is -0.480 e. The zero-order valence-corrected chi connectivity index (χ0v) is 15.1. The Labute approximate surface area is 148 Å². The summed E-state index contributed by atoms with van der Waals surface area (Å²) < 4.78 is 13.4. The summed E-state index contributed by atoms with van der Waals surface area (Å²) in [6.07, 6.45) is 2.94. The van der Waals surface area contributed by atoms with Gasteiger partial charge in [-0.1, -0.05) is 13.8 Å². The summed E-state index contributed by atoms with van der Waals surface area (Å²) in [5.41, 5.74) is 1.27. The molecule has 136 valence electrons. The van der Waals surface area contributed by atoms with E-state index in [2.05, 4.69) is 23.7 Å². The topological polar surface area (TPSA) is 56.7 Å². The van der Waals surface area contributed by atoms with E-state index < -0.39 is 12.0 Å². The van der Waals surface area contributed by atoms with Crippen LogP contribution < -0.4 is 4.90 Å². The van der Waals surface area contributed by atoms with Gasteiger partial charge < -0.3 is 14.9 Å². The molecule has 0 aliphatic rings. The summed E-state index contributed by atoms with van der Waals surface area (Å²) in [5.74, 6) is -1.21. The Bertz CT molecular complexity index is 719. The van der Waals surface area contributed by atoms with Crippen LogP contribution in [-0.2, 0) is 4.79 Å². The van der Waals surface area contributed by atoms with Gasteiger partial charge in [-0.3, -0.25) is 4.98 Å². The molecule has 5 nitrogen and oxygen atoms in total. The Kier molecular flexibility index (Phi) is 6.70. The number of carbonyl (C=O) groups is 1. The zero-order chi connectivity index (χ0) is 18.4. The van der Waals surface area contributed by atoms with E-state index >= 15 is 0 Å². The van der Waals surface area contributed by atoms with E-state index in [0.717, 1.165) is 37.1 Å². The monoisotopic (exact) mass is 347 g/mol. The van der Waals surface area contributed by atoms with Crippen molar-refractivity contribution in [3.8, 4) is 0 Å². The van der Waals surface area contributed by atoms with Crippen LogP contribution in [0.5, 0.6) is 0 Å². The fraction of sp³-hybridized carbons (Fsp3) is 0.474. The van der Waals surface area contributed by atoms with Crippen molar-refractivity contribution in [2.24, 2.45) is 0 Å². The standard InChI is InChI=1S/C19H26FN3O2/c1-4-23(5-2)12-6-7-18(19(24)25)22(3)17-10-11-21-16-13-14(20)8-9-15(16)17/h8-11,13,18H,4-7,12H2,1-3H3,(H,24,25). The van der Waals surface area contributed by atoms with E-state index in [0.29, 0.717) is 11.9 Å². The first-order valence-electron chi connectivity index (χ1n) is 8.70. The van der Waals surface area contributed by atoms with Gasteiger partial charge in [0.2, 0.25) is 0 Å². The predicted molar refractivity (Wildman–Crippen MR) is 98.5 cm³/mol. The molecule has 0 spiro atoms. The molecule has 0 fully saturated rings. The third kappa shape index (κ3) is 4.66. The molecule has 6 heteroatoms. The maximum atomic E-state index is 13.4. The highest BCUT2D eigenvalue weighted by Gasteiger charge is 2.24. The lowest BCUT2D eigenvalue weighted by molar-refractivity contribution is -0.138. The summed E-state index contributed by atoms with van der Waals surface area (Å²) in [4.78, 5) is 20.0. The molecule has 0 bridgehead atoms. The van der Waals surface area contributed by atoms with Crippen molar-refractivity contribution in [1.82, 2.24) is 9.88 Å². The number of benzene rings is 1. The molecule has 2 rings (SSSR count). The lowest BCUT2D eigenvalue weighted by Crippen LogP contribution is -2.39. The number of nitrogens with zero attached hydrogens (tertiary/aromatic N) is 3. The molecule has 0 saturated heterocycles. The molecule has 1 N–H and O–H groups in total. The maximum absolute atomic E-state index is 13.4. The van der Waals surface area contributed by atoms with Crippen LogP contribution in [0, 0.1) is 5.82 Å². The highest BCUT2D eigenvalue weighted by atomic mass is 19.1. The Morgan fingerprint density at radius 1 is 1.28 bits per heavy atom. The van der Waals surface area contributed by atoms with Crippen LogP contribution in [0.25, 0.3) is 10.9 Å². The van der Waals surface area contributed by atoms with Gasteiger partial charge in [-0.05, 0) is 50.7 Å². The number of aliphatic carboxylic acids is 1. The quantitative estimate of drug-likeness (QED) is 0.753. The van der Waals surface area contributed by atoms with Crippen LogP contribution in [-0.4, -0.2) is 53.7 Å². The number of rotatable bonds is 9. The van der Waals surface area contributed by atoms with Crippen molar-refractivity contribution in [1.29, 1.82) is 0 Å². The van der Waals surface area contributed by atoms with Gasteiger partial charge in [0.1, 0.15) is 11.9 Å². The third-order valence-corrected chi connectivity index (χ3v) is 4.66. The van der Waals surface area contributed by atoms with Crippen molar-refractivity contribution in [3.05, 3.63) is 36.3 Å². The van der Waals surface area contributed by atoms with Gasteiger partial charge in [0.05, 0.1) is 5.52 Å². The molecule has 1 aromatic heterocycles. The fourth-order valence-corrected chi connectivity index (χ4v) is 3.11. The van der Waals surface area contributed by atoms with Gasteiger partial charge in [0.25, 0.3) is 0 Å². The van der Waals surface area contributed by atoms with Gasteiger partial charge in [-0.15, -0.1) is 0 Å². The van der Waals surface area contributed by atoms with Crippen LogP contribution in [0.15, 0.2) is 30.5 Å². The second-order valence-electron chi connectivity index (χ2n) is 6.13. The molecule has 0 amide bonds. The van der Waals surface area contributed by atoms with E-state index in [1.807, 2.05) is 0 Å². The summed E-state index contributed by atoms with van der Waals surface area (Å²) in [5, 5.41) is 10.4. The summed E-state index contributed by atoms with van der Waals surface area (Å²) >= 11 is 0. The molecular weight excluding hydrogens is 321 g/mol. The number of anilines is 1. The van der Waals surface area contributed by atoms with Crippen LogP contribution in [0.4, 0.5) is 10.1 Å². The van der Waals surface area contributed by atoms with Crippen LogP contribution in [0.3, 0.4) is 0 Å². The van der Waals surface area contributed by atoms with E-state index in [1.54, 1.807) is 30.3 Å². The van der Waals surface area contributed by atoms with E-state index in [-0.39, 0.29) is 5.82 Å². The van der Waals surface area contributed by atoms with Crippen molar-refractivity contribution >= 4 is 22.6 Å². The van der Waals surface area contributed by atoms with E-state index in [4.69, 9.17) is 0 Å². The molecule has 1 unspecified atom stereocenters. The lowest BCUT2D eigenvalue weighted by Gasteiger charge is -2.28. The minimum absolute atomic E-state index is 0.353. The molecule has 1 atom stereocenters. The number of carboxylic acid groups (broad SMARTS) is 1. The number of halogens is 1. The Hall–Kier alpha value is -2.21. The minimum atomic E-state index is -0.853. The first-order valence-corrected chi connectivity index (χ1v) is 8.70. The van der Waals surface area contributed by atoms with E-state index in [1.165, 1.54) is 12.1 Å². The number of likely N-dealkylation sites (N-methyl/N-ethyl adjacent to an activating group) is 1. The fourth-order valence-electron chi connectivity index (χ4n) is 3.11. The molecule has 0 radical (unpaired) electrons. The molecule has 1 aromatic carbocycles. The third-order valence-electron chi connectivity index (χ3n) is 4.66. The first kappa shape index (κ1) is 19.1. The van der Waals surface area contributed by atoms with Crippen molar-refractivity contribution in [2.45, 2.75) is 32.7 Å². The summed E-state index contributed by atoms with van der Waals surface area (Å²) in [6, 6.07) is 5.53. The van der Waals surface area contributed by atoms with Crippen molar-refractivity contribution in [2.75, 3.05) is 31.6 Å². The summed E-state index contributed by atoms with van der Waals surface area (Å²) in [7, 11) is 1.77. The Balaban J connectivity index is 2.20. The van der Waals surface area contributed by atoms with Gasteiger partial charge in [-0.2, -0.15) is 0 Å². The van der Waals surface area contributed by atoms with Crippen molar-refractivity contribution < 1.29 is 14.3 Å². The average Bonchev–Trinajstić information content (AvgIpc) is 2.60. The second-order valence-corrected chi connectivity index (χ2v) is 6.13. The smallest absolute Gasteiger partial charge is 0.326 e. The molecule has 0 aliphatic heterocycles. The highest BCUT2D eigenvalue weighted by molar-refractivity contribution is 5.93. The molecule has 25 heavy (non-hydrogen) atoms. The predicted octanol–water partition coefficient (Wildman–Crippen LogP) is 3.39. The van der Waals surface area contributed by atoms with Gasteiger partial charge in [-0.25, -0.2) is 9.18 Å². The molecule has 0 aliphatic carbocycles. The normalized spacial score (nSPS) is 12.5. The Morgan fingerprint density at radius 3 is 2.64 bits per heavy atom. The van der Waals surface area contributed by atoms with Crippen molar-refractivity contribution in [3.63, 3.8) is 0 Å². The summed E-state index contributed by atoms with van der Waals surface area (Å²) in [6.45, 7) is 7.02. The van der Waals surface area contributed by atoms with E-state index in [9.17, 15) is 14.3 Å². The first-order chi connectivity index (χ1) is 12.0. The van der Waals surface area contributed by atoms with Crippen LogP contribution in [0.2, 0.25) is 0 Å². The molecule has 2 aromatic rings. The lowest BCUT2D eigenvalue weighted by atomic mass is 10.1. The van der Waals surface area contributed by atoms with Gasteiger partial charge in [0.15, 0.2) is 0 Å². The number of pyridine rings is 1. The Morgan fingerprint density at radius 2 is 2.00 bits per heavy atom. The SMILES string of the molecule is CCN(CC)CCCC(C(=O)O)N(C)c1ccnc2cc(F)ccc12. The second kappa shape index (κ2) is 8.76. The number of carboxylic acids is 1. The highest BCUT2D eigenvalue weighted by Crippen LogP contribution is 2.27. The van der Waals surface area contributed by atoms with Gasteiger partial charge >= 0.3 is 5.97 Å². The number of aromatic nitrogens is 1. The number of hydrogen-bond acceptors (Lipinski definition) is 4. The number of fused-ring (bicyclic) bond motifs is 1. The largest absolute Gasteiger partial charge is 0.480 e. The number of hydrogen-bond donors (Lipinski definition) is 1. The maximum Gasteiger partial charge on any atom is 0.326 e.